The number of hydrogen-bond donors (Lipinski definition) is 2. The zero-order valence-electron chi connectivity index (χ0n) is 6.62. The van der Waals surface area contributed by atoms with Gasteiger partial charge in [-0.2, -0.15) is 0 Å². The summed E-state index contributed by atoms with van der Waals surface area (Å²) in [6, 6.07) is 0. The molecule has 0 atom stereocenters. The average Bonchev–Trinajstić information content (AvgIpc) is 2.40. The molecule has 0 amide bonds. The van der Waals surface area contributed by atoms with E-state index in [0.717, 1.165) is 17.9 Å². The van der Waals surface area contributed by atoms with E-state index in [4.69, 9.17) is 5.73 Å². The van der Waals surface area contributed by atoms with Gasteiger partial charge in [0.1, 0.15) is 5.82 Å². The van der Waals surface area contributed by atoms with Crippen LogP contribution in [0.1, 0.15) is 5.56 Å². The fourth-order valence-corrected chi connectivity index (χ4v) is 1.26. The normalized spacial score (nSPS) is 13.7. The van der Waals surface area contributed by atoms with Gasteiger partial charge in [-0.05, 0) is 6.08 Å². The van der Waals surface area contributed by atoms with Gasteiger partial charge in [-0.3, -0.25) is 0 Å². The zero-order valence-corrected chi connectivity index (χ0v) is 6.62. The maximum atomic E-state index is 5.65. The van der Waals surface area contributed by atoms with Crippen molar-refractivity contribution >= 4 is 23.9 Å². The Labute approximate surface area is 70.4 Å². The molecule has 1 aliphatic heterocycles. The highest BCUT2D eigenvalue weighted by Crippen LogP contribution is 2.24. The number of rotatable bonds is 1. The van der Waals surface area contributed by atoms with E-state index < -0.39 is 0 Å². The van der Waals surface area contributed by atoms with Crippen LogP contribution in [0, 0.1) is 0 Å². The van der Waals surface area contributed by atoms with Gasteiger partial charge in [0.25, 0.3) is 0 Å². The fourth-order valence-electron chi connectivity index (χ4n) is 1.26. The molecule has 1 aromatic heterocycles. The monoisotopic (exact) mass is 162 g/mol. The first-order valence-electron chi connectivity index (χ1n) is 3.74. The Morgan fingerprint density at radius 1 is 1.75 bits per heavy atom. The SMILES string of the molecule is C=Cc1c(N)nn2c1NCC=C2. The van der Waals surface area contributed by atoms with Gasteiger partial charge >= 0.3 is 0 Å². The van der Waals surface area contributed by atoms with Gasteiger partial charge in [-0.15, -0.1) is 5.10 Å². The van der Waals surface area contributed by atoms with Crippen molar-refractivity contribution in [2.45, 2.75) is 0 Å². The molecule has 12 heavy (non-hydrogen) atoms. The second-order valence-electron chi connectivity index (χ2n) is 2.56. The third kappa shape index (κ3) is 0.812. The molecule has 4 heteroatoms. The van der Waals surface area contributed by atoms with Gasteiger partial charge < -0.3 is 11.1 Å². The summed E-state index contributed by atoms with van der Waals surface area (Å²) >= 11 is 0. The first-order valence-corrected chi connectivity index (χ1v) is 3.74. The maximum Gasteiger partial charge on any atom is 0.155 e. The number of hydrogen-bond acceptors (Lipinski definition) is 3. The summed E-state index contributed by atoms with van der Waals surface area (Å²) in [7, 11) is 0. The fraction of sp³-hybridized carbons (Fsp3) is 0.125. The Morgan fingerprint density at radius 3 is 3.33 bits per heavy atom. The molecule has 62 valence electrons. The van der Waals surface area contributed by atoms with Crippen LogP contribution in [0.4, 0.5) is 11.6 Å². The molecule has 3 N–H and O–H groups in total. The predicted octanol–water partition coefficient (Wildman–Crippen LogP) is 1.00. The Hall–Kier alpha value is -1.71. The van der Waals surface area contributed by atoms with Crippen LogP contribution in [-0.4, -0.2) is 16.3 Å². The van der Waals surface area contributed by atoms with Gasteiger partial charge in [0.2, 0.25) is 0 Å². The van der Waals surface area contributed by atoms with E-state index in [9.17, 15) is 0 Å². The van der Waals surface area contributed by atoms with Crippen LogP contribution in [0.15, 0.2) is 12.7 Å². The molecule has 0 spiro atoms. The Morgan fingerprint density at radius 2 is 2.58 bits per heavy atom. The van der Waals surface area contributed by atoms with E-state index in [-0.39, 0.29) is 0 Å². The minimum absolute atomic E-state index is 0.513. The molecule has 2 heterocycles. The number of aromatic nitrogens is 2. The van der Waals surface area contributed by atoms with Crippen molar-refractivity contribution in [1.29, 1.82) is 0 Å². The smallest absolute Gasteiger partial charge is 0.155 e. The molecule has 2 rings (SSSR count). The molecule has 4 nitrogen and oxygen atoms in total. The van der Waals surface area contributed by atoms with Crippen molar-refractivity contribution in [3.8, 4) is 0 Å². The van der Waals surface area contributed by atoms with E-state index in [1.54, 1.807) is 10.8 Å². The standard InChI is InChI=1S/C8H10N4/c1-2-6-7(9)11-12-5-3-4-10-8(6)12/h2-3,5,10H,1,4H2,(H2,9,11). The Bertz CT molecular complexity index is 348. The van der Waals surface area contributed by atoms with Crippen LogP contribution in [0.2, 0.25) is 0 Å². The number of nitrogens with one attached hydrogen (secondary N) is 1. The van der Waals surface area contributed by atoms with Crippen molar-refractivity contribution in [2.24, 2.45) is 0 Å². The largest absolute Gasteiger partial charge is 0.382 e. The molecule has 0 saturated carbocycles. The molecular formula is C8H10N4. The summed E-state index contributed by atoms with van der Waals surface area (Å²) in [5.74, 6) is 1.43. The zero-order chi connectivity index (χ0) is 8.55. The number of nitrogen functional groups attached to an aromatic ring is 1. The molecular weight excluding hydrogens is 152 g/mol. The van der Waals surface area contributed by atoms with Gasteiger partial charge in [0.15, 0.2) is 5.82 Å². The van der Waals surface area contributed by atoms with E-state index in [1.165, 1.54) is 0 Å². The summed E-state index contributed by atoms with van der Waals surface area (Å²) < 4.78 is 1.72. The quantitative estimate of drug-likeness (QED) is 0.647. The third-order valence-corrected chi connectivity index (χ3v) is 1.81. The summed E-state index contributed by atoms with van der Waals surface area (Å²) in [5.41, 5.74) is 6.53. The van der Waals surface area contributed by atoms with Crippen molar-refractivity contribution in [1.82, 2.24) is 9.78 Å². The van der Waals surface area contributed by atoms with Crippen molar-refractivity contribution in [3.05, 3.63) is 18.2 Å². The lowest BCUT2D eigenvalue weighted by Gasteiger charge is -2.09. The summed E-state index contributed by atoms with van der Waals surface area (Å²) in [5, 5.41) is 7.26. The molecule has 0 saturated heterocycles. The summed E-state index contributed by atoms with van der Waals surface area (Å²) in [4.78, 5) is 0. The van der Waals surface area contributed by atoms with Crippen LogP contribution in [-0.2, 0) is 0 Å². The van der Waals surface area contributed by atoms with Crippen LogP contribution in [0.25, 0.3) is 12.3 Å². The molecule has 0 fully saturated rings. The van der Waals surface area contributed by atoms with Gasteiger partial charge in [0, 0.05) is 12.7 Å². The van der Waals surface area contributed by atoms with Gasteiger partial charge in [0.05, 0.1) is 5.56 Å². The van der Waals surface area contributed by atoms with E-state index in [1.807, 2.05) is 12.3 Å². The third-order valence-electron chi connectivity index (χ3n) is 1.81. The highest BCUT2D eigenvalue weighted by atomic mass is 15.3. The highest BCUT2D eigenvalue weighted by Gasteiger charge is 2.12. The summed E-state index contributed by atoms with van der Waals surface area (Å²) in [6.07, 6.45) is 5.57. The van der Waals surface area contributed by atoms with Gasteiger partial charge in [-0.1, -0.05) is 12.7 Å². The highest BCUT2D eigenvalue weighted by molar-refractivity contribution is 5.74. The van der Waals surface area contributed by atoms with Gasteiger partial charge in [-0.25, -0.2) is 4.68 Å². The summed E-state index contributed by atoms with van der Waals surface area (Å²) in [6.45, 7) is 4.49. The van der Waals surface area contributed by atoms with Crippen LogP contribution in [0.5, 0.6) is 0 Å². The topological polar surface area (TPSA) is 55.9 Å². The van der Waals surface area contributed by atoms with Crippen molar-refractivity contribution in [3.63, 3.8) is 0 Å². The predicted molar refractivity (Wildman–Crippen MR) is 50.6 cm³/mol. The first-order chi connectivity index (χ1) is 5.83. The second kappa shape index (κ2) is 2.41. The van der Waals surface area contributed by atoms with Crippen molar-refractivity contribution < 1.29 is 0 Å². The molecule has 0 aliphatic carbocycles. The molecule has 0 bridgehead atoms. The maximum absolute atomic E-state index is 5.65. The lowest BCUT2D eigenvalue weighted by Crippen LogP contribution is -2.09. The molecule has 0 radical (unpaired) electrons. The molecule has 1 aliphatic rings. The Balaban J connectivity index is 2.62. The number of fused-ring (bicyclic) bond motifs is 1. The number of nitrogens with two attached hydrogens (primary N) is 1. The molecule has 0 aromatic carbocycles. The van der Waals surface area contributed by atoms with Crippen molar-refractivity contribution in [2.75, 3.05) is 17.6 Å². The van der Waals surface area contributed by atoms with E-state index >= 15 is 0 Å². The van der Waals surface area contributed by atoms with E-state index in [2.05, 4.69) is 17.0 Å². The van der Waals surface area contributed by atoms with E-state index in [0.29, 0.717) is 5.82 Å². The minimum Gasteiger partial charge on any atom is -0.382 e. The Kier molecular flexibility index (Phi) is 1.40. The minimum atomic E-state index is 0.513. The van der Waals surface area contributed by atoms with Crippen LogP contribution < -0.4 is 11.1 Å². The average molecular weight is 162 g/mol. The lowest BCUT2D eigenvalue weighted by molar-refractivity contribution is 0.922. The number of anilines is 2. The molecule has 1 aromatic rings. The number of nitrogens with zero attached hydrogens (tertiary/aromatic N) is 2. The molecule has 0 unspecified atom stereocenters. The lowest BCUT2D eigenvalue weighted by atomic mass is 10.3. The first kappa shape index (κ1) is 6.97. The second-order valence-corrected chi connectivity index (χ2v) is 2.56. The van der Waals surface area contributed by atoms with Crippen LogP contribution >= 0.6 is 0 Å². The van der Waals surface area contributed by atoms with Crippen LogP contribution in [0.3, 0.4) is 0 Å².